The summed E-state index contributed by atoms with van der Waals surface area (Å²) in [6, 6.07) is -1.28. The predicted molar refractivity (Wildman–Crippen MR) is 111 cm³/mol. The van der Waals surface area contributed by atoms with Crippen LogP contribution in [0.15, 0.2) is 0 Å². The first-order chi connectivity index (χ1) is 15.3. The fourth-order valence-corrected chi connectivity index (χ4v) is 4.24. The van der Waals surface area contributed by atoms with Crippen molar-refractivity contribution in [2.24, 2.45) is 0 Å². The van der Waals surface area contributed by atoms with Crippen molar-refractivity contribution in [1.82, 2.24) is 5.32 Å². The fourth-order valence-electron chi connectivity index (χ4n) is 3.04. The van der Waals surface area contributed by atoms with E-state index < -0.39 is 60.5 Å². The summed E-state index contributed by atoms with van der Waals surface area (Å²) in [6.45, 7) is -0.853. The first-order valence-corrected chi connectivity index (χ1v) is 10.8. The number of hydrogen-bond donors (Lipinski definition) is 6. The van der Waals surface area contributed by atoms with Gasteiger partial charge < -0.3 is 49.8 Å². The van der Waals surface area contributed by atoms with Gasteiger partial charge in [-0.05, 0) is 0 Å². The lowest BCUT2D eigenvalue weighted by Gasteiger charge is -2.47. The van der Waals surface area contributed by atoms with Crippen LogP contribution in [0.4, 0.5) is 0 Å². The van der Waals surface area contributed by atoms with Crippen LogP contribution in [-0.4, -0.2) is 125 Å². The Kier molecular flexibility index (Phi) is 13.1. The summed E-state index contributed by atoms with van der Waals surface area (Å²) in [4.78, 5) is 22.5. The number of hydrogen-bond acceptors (Lipinski definition) is 12. The Balaban J connectivity index is 2.94. The Morgan fingerprint density at radius 1 is 1.28 bits per heavy atom. The molecular weight excluding hydrogens is 450 g/mol. The van der Waals surface area contributed by atoms with Gasteiger partial charge in [-0.25, -0.2) is 4.79 Å². The molecule has 1 fully saturated rings. The van der Waals surface area contributed by atoms with Crippen LogP contribution < -0.4 is 5.32 Å². The van der Waals surface area contributed by atoms with Gasteiger partial charge in [0.15, 0.2) is 0 Å². The van der Waals surface area contributed by atoms with Gasteiger partial charge in [0.25, 0.3) is 0 Å². The highest BCUT2D eigenvalue weighted by molar-refractivity contribution is 8.01. The number of ether oxygens (including phenoxy) is 4. The summed E-state index contributed by atoms with van der Waals surface area (Å²) < 4.78 is 21.1. The van der Waals surface area contributed by atoms with Crippen LogP contribution >= 0.6 is 11.8 Å². The summed E-state index contributed by atoms with van der Waals surface area (Å²) >= 11 is 0.944. The van der Waals surface area contributed by atoms with Gasteiger partial charge in [0.1, 0.15) is 31.5 Å². The Morgan fingerprint density at radius 2 is 1.97 bits per heavy atom. The molecule has 1 aliphatic rings. The number of esters is 1. The highest BCUT2D eigenvalue weighted by Crippen LogP contribution is 2.41. The molecule has 32 heavy (non-hydrogen) atoms. The third-order valence-corrected chi connectivity index (χ3v) is 5.85. The lowest BCUT2D eigenvalue weighted by Crippen LogP contribution is -2.67. The van der Waals surface area contributed by atoms with Crippen LogP contribution in [-0.2, 0) is 28.5 Å². The largest absolute Gasteiger partial charge is 0.466 e. The second kappa shape index (κ2) is 14.6. The van der Waals surface area contributed by atoms with Crippen LogP contribution in [0.5, 0.6) is 0 Å². The van der Waals surface area contributed by atoms with Gasteiger partial charge in [0.05, 0.1) is 45.7 Å². The second-order valence-corrected chi connectivity index (χ2v) is 8.16. The fraction of sp³-hybridized carbons (Fsp3) is 0.789. The standard InChI is InChI=1S/C19H31NO11S/c1-3-4-29-5-6-30-7-8-32-19(18(27)28-2)9-12(23)15(20-14(25)11-22)17(31-19)16(26)13(24)10-21/h1,12-13,15-17,21-24,26H,4-11H2,2H3,(H,20,25)/t12-,13+,15+,16+,17+,19-/m0/s1. The van der Waals surface area contributed by atoms with Gasteiger partial charge in [0, 0.05) is 12.2 Å². The molecule has 1 heterocycles. The number of carbonyl (C=O) groups excluding carboxylic acids is 2. The minimum absolute atomic E-state index is 0.159. The van der Waals surface area contributed by atoms with Gasteiger partial charge in [0.2, 0.25) is 10.8 Å². The van der Waals surface area contributed by atoms with Crippen molar-refractivity contribution in [3.63, 3.8) is 0 Å². The molecule has 0 aromatic rings. The van der Waals surface area contributed by atoms with E-state index in [9.17, 15) is 30.0 Å². The number of carbonyl (C=O) groups is 2. The van der Waals surface area contributed by atoms with E-state index in [0.717, 1.165) is 18.9 Å². The molecule has 6 atom stereocenters. The number of nitrogens with one attached hydrogen (secondary N) is 1. The molecule has 0 aliphatic carbocycles. The van der Waals surface area contributed by atoms with Crippen LogP contribution in [0.2, 0.25) is 0 Å². The minimum atomic E-state index is -1.79. The maximum Gasteiger partial charge on any atom is 0.348 e. The zero-order valence-electron chi connectivity index (χ0n) is 17.7. The lowest BCUT2D eigenvalue weighted by molar-refractivity contribution is -0.207. The first-order valence-electron chi connectivity index (χ1n) is 9.80. The highest BCUT2D eigenvalue weighted by atomic mass is 32.2. The summed E-state index contributed by atoms with van der Waals surface area (Å²) in [7, 11) is 1.12. The molecule has 0 radical (unpaired) electrons. The number of aliphatic hydroxyl groups is 5. The molecule has 0 aromatic carbocycles. The number of rotatable bonds is 14. The van der Waals surface area contributed by atoms with Crippen LogP contribution in [0.3, 0.4) is 0 Å². The molecule has 184 valence electrons. The van der Waals surface area contributed by atoms with Crippen LogP contribution in [0, 0.1) is 12.3 Å². The molecule has 0 spiro atoms. The van der Waals surface area contributed by atoms with Crippen molar-refractivity contribution < 1.29 is 54.1 Å². The Morgan fingerprint density at radius 3 is 2.56 bits per heavy atom. The van der Waals surface area contributed by atoms with E-state index in [1.807, 2.05) is 0 Å². The van der Waals surface area contributed by atoms with Crippen molar-refractivity contribution in [1.29, 1.82) is 0 Å². The van der Waals surface area contributed by atoms with E-state index in [2.05, 4.69) is 11.2 Å². The van der Waals surface area contributed by atoms with E-state index in [1.165, 1.54) is 0 Å². The van der Waals surface area contributed by atoms with E-state index in [4.69, 9.17) is 30.5 Å². The van der Waals surface area contributed by atoms with Crippen molar-refractivity contribution in [3.8, 4) is 12.3 Å². The highest BCUT2D eigenvalue weighted by Gasteiger charge is 2.55. The molecule has 1 aliphatic heterocycles. The molecule has 0 bridgehead atoms. The minimum Gasteiger partial charge on any atom is -0.466 e. The molecule has 0 saturated carbocycles. The van der Waals surface area contributed by atoms with Gasteiger partial charge in [-0.1, -0.05) is 5.92 Å². The predicted octanol–water partition coefficient (Wildman–Crippen LogP) is -3.40. The van der Waals surface area contributed by atoms with E-state index in [0.29, 0.717) is 0 Å². The summed E-state index contributed by atoms with van der Waals surface area (Å²) in [5.41, 5.74) is 0. The normalized spacial score (nSPS) is 27.2. The number of terminal acetylenes is 1. The third kappa shape index (κ3) is 8.14. The zero-order valence-corrected chi connectivity index (χ0v) is 18.5. The number of aliphatic hydroxyl groups excluding tert-OH is 5. The van der Waals surface area contributed by atoms with Gasteiger partial charge in [-0.15, -0.1) is 18.2 Å². The average molecular weight is 482 g/mol. The Labute approximate surface area is 190 Å². The first kappa shape index (κ1) is 28.6. The third-order valence-electron chi connectivity index (χ3n) is 4.58. The van der Waals surface area contributed by atoms with Crippen LogP contribution in [0.1, 0.15) is 6.42 Å². The average Bonchev–Trinajstić information content (AvgIpc) is 2.80. The molecule has 1 rings (SSSR count). The van der Waals surface area contributed by atoms with Crippen molar-refractivity contribution in [2.75, 3.05) is 52.5 Å². The molecule has 1 amide bonds. The lowest BCUT2D eigenvalue weighted by atomic mass is 9.89. The maximum atomic E-state index is 12.6. The summed E-state index contributed by atoms with van der Waals surface area (Å²) in [5, 5.41) is 51.5. The SMILES string of the molecule is C#CCOCCOCCS[C@]1(C(=O)OC)C[C@H](O)[C@@H](NC(=O)CO)[C@H]([C@H](O)[C@H](O)CO)O1. The summed E-state index contributed by atoms with van der Waals surface area (Å²) in [6.07, 6.45) is -1.67. The second-order valence-electron chi connectivity index (χ2n) is 6.81. The smallest absolute Gasteiger partial charge is 0.348 e. The van der Waals surface area contributed by atoms with E-state index in [1.54, 1.807) is 0 Å². The van der Waals surface area contributed by atoms with E-state index >= 15 is 0 Å². The summed E-state index contributed by atoms with van der Waals surface area (Å²) in [5.74, 6) is 0.808. The number of thioether (sulfide) groups is 1. The van der Waals surface area contributed by atoms with Crippen LogP contribution in [0.25, 0.3) is 0 Å². The molecule has 13 heteroatoms. The van der Waals surface area contributed by atoms with Crippen molar-refractivity contribution in [3.05, 3.63) is 0 Å². The van der Waals surface area contributed by atoms with Crippen molar-refractivity contribution in [2.45, 2.75) is 41.8 Å². The Bertz CT molecular complexity index is 631. The molecule has 0 aromatic heterocycles. The maximum absolute atomic E-state index is 12.6. The molecule has 0 unspecified atom stereocenters. The quantitative estimate of drug-likeness (QED) is 0.0822. The monoisotopic (exact) mass is 481 g/mol. The Hall–Kier alpha value is -1.47. The molecule has 12 nitrogen and oxygen atoms in total. The van der Waals surface area contributed by atoms with E-state index in [-0.39, 0.29) is 38.6 Å². The van der Waals surface area contributed by atoms with Gasteiger partial charge >= 0.3 is 5.97 Å². The molecular formula is C19H31NO11S. The van der Waals surface area contributed by atoms with Gasteiger partial charge in [-0.3, -0.25) is 4.79 Å². The topological polar surface area (TPSA) is 184 Å². The number of methoxy groups -OCH3 is 1. The van der Waals surface area contributed by atoms with Crippen molar-refractivity contribution >= 4 is 23.6 Å². The molecule has 1 saturated heterocycles. The zero-order chi connectivity index (χ0) is 24.1. The molecule has 6 N–H and O–H groups in total. The van der Waals surface area contributed by atoms with Gasteiger partial charge in [-0.2, -0.15) is 0 Å². The number of amides is 1.